The van der Waals surface area contributed by atoms with Gasteiger partial charge < -0.3 is 20.4 Å². The zero-order valence-electron chi connectivity index (χ0n) is 7.43. The number of aliphatic hydroxyl groups is 1. The summed E-state index contributed by atoms with van der Waals surface area (Å²) in [5.41, 5.74) is -2.08. The highest BCUT2D eigenvalue weighted by molar-refractivity contribution is 5.78. The Bertz CT molecular complexity index is 369. The van der Waals surface area contributed by atoms with Crippen molar-refractivity contribution < 1.29 is 25.2 Å². The lowest BCUT2D eigenvalue weighted by Crippen LogP contribution is -2.31. The molecule has 0 aliphatic carbocycles. The molecule has 4 N–H and O–H groups in total. The Hall–Kier alpha value is -1.75. The number of aromatic hydroxyl groups is 2. The van der Waals surface area contributed by atoms with E-state index in [1.54, 1.807) is 0 Å². The standard InChI is InChI=1S/C9H10O5/c1-9(14,8(12)13)5-2-3-6(10)7(11)4-5/h2-4,10-11,14H,1H3,(H,12,13)/t9-/m0/s1. The lowest BCUT2D eigenvalue weighted by molar-refractivity contribution is -0.157. The van der Waals surface area contributed by atoms with Crippen molar-refractivity contribution in [3.8, 4) is 11.5 Å². The van der Waals surface area contributed by atoms with E-state index in [1.807, 2.05) is 0 Å². The molecule has 0 amide bonds. The molecule has 0 saturated carbocycles. The van der Waals surface area contributed by atoms with Crippen LogP contribution in [0.3, 0.4) is 0 Å². The van der Waals surface area contributed by atoms with Gasteiger partial charge in [-0.05, 0) is 24.6 Å². The zero-order chi connectivity index (χ0) is 10.9. The number of carboxylic acid groups (broad SMARTS) is 1. The molecular weight excluding hydrogens is 188 g/mol. The van der Waals surface area contributed by atoms with E-state index in [9.17, 15) is 9.90 Å². The summed E-state index contributed by atoms with van der Waals surface area (Å²) >= 11 is 0. The van der Waals surface area contributed by atoms with Crippen molar-refractivity contribution in [3.63, 3.8) is 0 Å². The quantitative estimate of drug-likeness (QED) is 0.515. The lowest BCUT2D eigenvalue weighted by Gasteiger charge is -2.18. The first kappa shape index (κ1) is 10.3. The molecule has 1 aromatic rings. The molecule has 0 unspecified atom stereocenters. The number of hydrogen-bond donors (Lipinski definition) is 4. The number of carbonyl (C=O) groups is 1. The van der Waals surface area contributed by atoms with E-state index in [1.165, 1.54) is 6.07 Å². The summed E-state index contributed by atoms with van der Waals surface area (Å²) in [5.74, 6) is -2.26. The first-order valence-corrected chi connectivity index (χ1v) is 3.84. The predicted octanol–water partition coefficient (Wildman–Crippen LogP) is 0.390. The van der Waals surface area contributed by atoms with Crippen molar-refractivity contribution in [2.75, 3.05) is 0 Å². The molecule has 0 radical (unpaired) electrons. The van der Waals surface area contributed by atoms with E-state index in [0.717, 1.165) is 19.1 Å². The molecule has 5 nitrogen and oxygen atoms in total. The minimum absolute atomic E-state index is 0.000278. The molecule has 1 rings (SSSR count). The van der Waals surface area contributed by atoms with Crippen LogP contribution in [0.5, 0.6) is 11.5 Å². The average Bonchev–Trinajstić information content (AvgIpc) is 2.09. The third-order valence-electron chi connectivity index (χ3n) is 1.95. The highest BCUT2D eigenvalue weighted by Gasteiger charge is 2.32. The molecule has 76 valence electrons. The number of aliphatic carboxylic acids is 1. The van der Waals surface area contributed by atoms with Crippen LogP contribution in [-0.2, 0) is 10.4 Å². The number of rotatable bonds is 2. The second kappa shape index (κ2) is 3.19. The van der Waals surface area contributed by atoms with Gasteiger partial charge in [0.15, 0.2) is 17.1 Å². The summed E-state index contributed by atoms with van der Waals surface area (Å²) < 4.78 is 0. The number of benzene rings is 1. The maximum absolute atomic E-state index is 10.6. The van der Waals surface area contributed by atoms with Crippen LogP contribution in [0.25, 0.3) is 0 Å². The molecule has 1 aromatic carbocycles. The molecule has 0 aliphatic heterocycles. The van der Waals surface area contributed by atoms with Crippen molar-refractivity contribution in [2.45, 2.75) is 12.5 Å². The average molecular weight is 198 g/mol. The Labute approximate surface area is 79.9 Å². The van der Waals surface area contributed by atoms with Crippen LogP contribution in [0.15, 0.2) is 18.2 Å². The van der Waals surface area contributed by atoms with Crippen LogP contribution >= 0.6 is 0 Å². The molecule has 5 heteroatoms. The highest BCUT2D eigenvalue weighted by atomic mass is 16.4. The predicted molar refractivity (Wildman–Crippen MR) is 47.0 cm³/mol. The van der Waals surface area contributed by atoms with E-state index in [0.29, 0.717) is 0 Å². The van der Waals surface area contributed by atoms with Gasteiger partial charge in [0, 0.05) is 0 Å². The van der Waals surface area contributed by atoms with Gasteiger partial charge in [0.25, 0.3) is 0 Å². The van der Waals surface area contributed by atoms with Crippen molar-refractivity contribution in [1.82, 2.24) is 0 Å². The Balaban J connectivity index is 3.21. The summed E-state index contributed by atoms with van der Waals surface area (Å²) in [7, 11) is 0. The molecule has 0 aromatic heterocycles. The molecule has 14 heavy (non-hydrogen) atoms. The number of phenolic OH excluding ortho intramolecular Hbond substituents is 2. The molecule has 0 saturated heterocycles. The third kappa shape index (κ3) is 1.62. The Morgan fingerprint density at radius 2 is 1.86 bits per heavy atom. The van der Waals surface area contributed by atoms with Crippen LogP contribution in [0.1, 0.15) is 12.5 Å². The SMILES string of the molecule is C[C@@](O)(C(=O)O)c1ccc(O)c(O)c1. The summed E-state index contributed by atoms with van der Waals surface area (Å²) in [4.78, 5) is 10.6. The van der Waals surface area contributed by atoms with E-state index in [-0.39, 0.29) is 11.3 Å². The minimum Gasteiger partial charge on any atom is -0.504 e. The third-order valence-corrected chi connectivity index (χ3v) is 1.95. The van der Waals surface area contributed by atoms with Gasteiger partial charge in [0.05, 0.1) is 0 Å². The second-order valence-electron chi connectivity index (χ2n) is 3.08. The number of carboxylic acids is 1. The normalized spacial score (nSPS) is 14.7. The summed E-state index contributed by atoms with van der Waals surface area (Å²) in [6.07, 6.45) is 0. The van der Waals surface area contributed by atoms with Gasteiger partial charge in [-0.1, -0.05) is 6.07 Å². The topological polar surface area (TPSA) is 98.0 Å². The van der Waals surface area contributed by atoms with Crippen LogP contribution in [0.2, 0.25) is 0 Å². The molecule has 0 heterocycles. The van der Waals surface area contributed by atoms with Gasteiger partial charge in [0.1, 0.15) is 0 Å². The first-order valence-electron chi connectivity index (χ1n) is 3.84. The maximum Gasteiger partial charge on any atom is 0.340 e. The molecule has 0 bridgehead atoms. The number of phenols is 2. The van der Waals surface area contributed by atoms with E-state index in [4.69, 9.17) is 15.3 Å². The second-order valence-corrected chi connectivity index (χ2v) is 3.08. The van der Waals surface area contributed by atoms with Crippen molar-refractivity contribution >= 4 is 5.97 Å². The smallest absolute Gasteiger partial charge is 0.340 e. The van der Waals surface area contributed by atoms with Gasteiger partial charge in [-0.3, -0.25) is 0 Å². The molecule has 1 atom stereocenters. The van der Waals surface area contributed by atoms with Gasteiger partial charge in [-0.15, -0.1) is 0 Å². The van der Waals surface area contributed by atoms with Gasteiger partial charge >= 0.3 is 5.97 Å². The number of hydrogen-bond acceptors (Lipinski definition) is 4. The highest BCUT2D eigenvalue weighted by Crippen LogP contribution is 2.30. The Morgan fingerprint density at radius 1 is 1.29 bits per heavy atom. The van der Waals surface area contributed by atoms with Crippen molar-refractivity contribution in [1.29, 1.82) is 0 Å². The van der Waals surface area contributed by atoms with Gasteiger partial charge in [-0.25, -0.2) is 4.79 Å². The zero-order valence-corrected chi connectivity index (χ0v) is 7.43. The fourth-order valence-electron chi connectivity index (χ4n) is 0.950. The molecule has 0 spiro atoms. The lowest BCUT2D eigenvalue weighted by atomic mass is 9.96. The fraction of sp³-hybridized carbons (Fsp3) is 0.222. The molecular formula is C9H10O5. The monoisotopic (exact) mass is 198 g/mol. The molecule has 0 fully saturated rings. The van der Waals surface area contributed by atoms with E-state index in [2.05, 4.69) is 0 Å². The Morgan fingerprint density at radius 3 is 2.29 bits per heavy atom. The van der Waals surface area contributed by atoms with E-state index < -0.39 is 17.3 Å². The van der Waals surface area contributed by atoms with Gasteiger partial charge in [-0.2, -0.15) is 0 Å². The maximum atomic E-state index is 10.6. The van der Waals surface area contributed by atoms with Crippen LogP contribution < -0.4 is 0 Å². The summed E-state index contributed by atoms with van der Waals surface area (Å²) in [6.45, 7) is 1.08. The van der Waals surface area contributed by atoms with Crippen LogP contribution in [-0.4, -0.2) is 26.4 Å². The minimum atomic E-state index is -2.08. The van der Waals surface area contributed by atoms with Gasteiger partial charge in [0.2, 0.25) is 0 Å². The largest absolute Gasteiger partial charge is 0.504 e. The van der Waals surface area contributed by atoms with E-state index >= 15 is 0 Å². The summed E-state index contributed by atoms with van der Waals surface area (Å²) in [5, 5.41) is 36.2. The van der Waals surface area contributed by atoms with Crippen LogP contribution in [0.4, 0.5) is 0 Å². The van der Waals surface area contributed by atoms with Crippen molar-refractivity contribution in [2.24, 2.45) is 0 Å². The fourth-order valence-corrected chi connectivity index (χ4v) is 0.950. The molecule has 0 aliphatic rings. The summed E-state index contributed by atoms with van der Waals surface area (Å²) in [6, 6.07) is 3.34. The Kier molecular flexibility index (Phi) is 2.35. The first-order chi connectivity index (χ1) is 6.35. The van der Waals surface area contributed by atoms with Crippen LogP contribution in [0, 0.1) is 0 Å². The van der Waals surface area contributed by atoms with Crippen molar-refractivity contribution in [3.05, 3.63) is 23.8 Å².